The van der Waals surface area contributed by atoms with Gasteiger partial charge >= 0.3 is 7.48 Å². The van der Waals surface area contributed by atoms with Gasteiger partial charge in [-0.3, -0.25) is 0 Å². The molecule has 4 heteroatoms. The first-order valence-electron chi connectivity index (χ1n) is 11.3. The minimum absolute atomic E-state index is 0.485. The molecule has 2 aliphatic carbocycles. The lowest BCUT2D eigenvalue weighted by Gasteiger charge is -2.37. The number of hydrogen-bond acceptors (Lipinski definition) is 2. The number of hydrogen-bond donors (Lipinski definition) is 1. The Labute approximate surface area is 188 Å². The number of rotatable bonds is 8. The van der Waals surface area contributed by atoms with Crippen LogP contribution in [0.3, 0.4) is 0 Å². The van der Waals surface area contributed by atoms with E-state index < -0.39 is 11.2 Å². The normalized spacial score (nSPS) is 17.1. The van der Waals surface area contributed by atoms with Crippen molar-refractivity contribution >= 4 is 25.3 Å². The second-order valence-electron chi connectivity index (χ2n) is 9.32. The number of aromatic nitrogens is 1. The molecule has 0 spiro atoms. The van der Waals surface area contributed by atoms with E-state index in [0.717, 1.165) is 31.2 Å². The van der Waals surface area contributed by atoms with Crippen molar-refractivity contribution in [2.24, 2.45) is 0 Å². The standard InChI is InChI=1S/C27H36BNO2/c1-6-7-8-10-15-24-20-21-16-17-22(28-31-27(4,5)26(2,3)30)18-19-25(21)29(24)23-13-11-9-12-14-23/h6-7,9-11,13,15,17-20,28,30H,8,12,14,16H2,1-5H3/b7-6-,15-10-. The molecule has 0 bridgehead atoms. The summed E-state index contributed by atoms with van der Waals surface area (Å²) in [6.07, 6.45) is 25.9. The second-order valence-corrected chi connectivity index (χ2v) is 9.32. The Bertz CT molecular complexity index is 962. The van der Waals surface area contributed by atoms with Gasteiger partial charge in [0.25, 0.3) is 0 Å². The van der Waals surface area contributed by atoms with Gasteiger partial charge in [-0.1, -0.05) is 48.0 Å². The van der Waals surface area contributed by atoms with Crippen molar-refractivity contribution in [1.82, 2.24) is 4.57 Å². The number of nitrogens with zero attached hydrogens (tertiary/aromatic N) is 1. The molecule has 3 rings (SSSR count). The van der Waals surface area contributed by atoms with E-state index >= 15 is 0 Å². The molecule has 0 unspecified atom stereocenters. The van der Waals surface area contributed by atoms with Crippen LogP contribution in [0.2, 0.25) is 0 Å². The van der Waals surface area contributed by atoms with Crippen LogP contribution in [0.15, 0.2) is 60.1 Å². The highest BCUT2D eigenvalue weighted by Crippen LogP contribution is 2.31. The molecule has 0 saturated carbocycles. The first-order chi connectivity index (χ1) is 14.7. The number of fused-ring (bicyclic) bond motifs is 1. The third-order valence-corrected chi connectivity index (χ3v) is 6.34. The van der Waals surface area contributed by atoms with Crippen LogP contribution < -0.4 is 0 Å². The van der Waals surface area contributed by atoms with Crippen molar-refractivity contribution < 1.29 is 9.76 Å². The third-order valence-electron chi connectivity index (χ3n) is 6.34. The second kappa shape index (κ2) is 9.89. The molecule has 2 aliphatic rings. The van der Waals surface area contributed by atoms with Crippen LogP contribution in [0.1, 0.15) is 70.8 Å². The highest BCUT2D eigenvalue weighted by Gasteiger charge is 2.35. The quantitative estimate of drug-likeness (QED) is 0.414. The SMILES string of the molecule is C/C=C\C/C=C\c1cc2c(n1C1=CC=CCC1)C=CC(BOC(C)(C)C(C)(C)O)=CC2. The molecule has 0 aliphatic heterocycles. The van der Waals surface area contributed by atoms with Gasteiger partial charge in [-0.05, 0) is 90.2 Å². The summed E-state index contributed by atoms with van der Waals surface area (Å²) < 4.78 is 8.50. The summed E-state index contributed by atoms with van der Waals surface area (Å²) in [7, 11) is 0.485. The van der Waals surface area contributed by atoms with Gasteiger partial charge in [0.2, 0.25) is 0 Å². The van der Waals surface area contributed by atoms with E-state index in [0.29, 0.717) is 7.48 Å². The van der Waals surface area contributed by atoms with E-state index in [1.807, 2.05) is 13.8 Å². The van der Waals surface area contributed by atoms with Gasteiger partial charge in [-0.25, -0.2) is 0 Å². The molecular formula is C27H36BNO2. The van der Waals surface area contributed by atoms with Crippen LogP contribution in [0.4, 0.5) is 0 Å². The maximum Gasteiger partial charge on any atom is 0.309 e. The summed E-state index contributed by atoms with van der Waals surface area (Å²) in [6.45, 7) is 9.51. The zero-order valence-electron chi connectivity index (χ0n) is 19.7. The smallest absolute Gasteiger partial charge is 0.309 e. The topological polar surface area (TPSA) is 34.4 Å². The highest BCUT2D eigenvalue weighted by molar-refractivity contribution is 6.39. The van der Waals surface area contributed by atoms with Crippen molar-refractivity contribution in [1.29, 1.82) is 0 Å². The van der Waals surface area contributed by atoms with Crippen LogP contribution >= 0.6 is 0 Å². The van der Waals surface area contributed by atoms with E-state index in [2.05, 4.69) is 78.3 Å². The molecule has 0 aromatic carbocycles. The van der Waals surface area contributed by atoms with Gasteiger partial charge in [0.05, 0.1) is 11.2 Å². The zero-order chi connectivity index (χ0) is 22.5. The fraction of sp³-hybridized carbons (Fsp3) is 0.407. The summed E-state index contributed by atoms with van der Waals surface area (Å²) in [4.78, 5) is 0. The molecule has 1 heterocycles. The zero-order valence-corrected chi connectivity index (χ0v) is 19.7. The molecule has 0 amide bonds. The molecule has 1 aromatic heterocycles. The van der Waals surface area contributed by atoms with E-state index in [9.17, 15) is 5.11 Å². The molecule has 1 aromatic rings. The Balaban J connectivity index is 1.86. The minimum Gasteiger partial charge on any atom is -0.427 e. The van der Waals surface area contributed by atoms with Gasteiger partial charge in [0.15, 0.2) is 0 Å². The maximum atomic E-state index is 10.4. The molecule has 0 fully saturated rings. The van der Waals surface area contributed by atoms with Crippen molar-refractivity contribution in [3.63, 3.8) is 0 Å². The summed E-state index contributed by atoms with van der Waals surface area (Å²) in [6, 6.07) is 2.31. The first kappa shape index (κ1) is 23.4. The number of allylic oxidation sites excluding steroid dienone is 10. The van der Waals surface area contributed by atoms with Crippen molar-refractivity contribution in [3.05, 3.63) is 77.1 Å². The lowest BCUT2D eigenvalue weighted by Crippen LogP contribution is -2.48. The Morgan fingerprint density at radius 2 is 2.00 bits per heavy atom. The molecule has 164 valence electrons. The van der Waals surface area contributed by atoms with E-state index in [1.165, 1.54) is 22.6 Å². The summed E-state index contributed by atoms with van der Waals surface area (Å²) >= 11 is 0. The monoisotopic (exact) mass is 417 g/mol. The van der Waals surface area contributed by atoms with Crippen molar-refractivity contribution in [2.45, 2.75) is 71.5 Å². The van der Waals surface area contributed by atoms with Gasteiger partial charge < -0.3 is 14.3 Å². The van der Waals surface area contributed by atoms with Gasteiger partial charge in [-0.2, -0.15) is 0 Å². The molecule has 0 atom stereocenters. The predicted octanol–water partition coefficient (Wildman–Crippen LogP) is 6.03. The largest absolute Gasteiger partial charge is 0.427 e. The van der Waals surface area contributed by atoms with Crippen LogP contribution in [0, 0.1) is 0 Å². The Hall–Kier alpha value is -2.30. The van der Waals surface area contributed by atoms with E-state index in [4.69, 9.17) is 4.65 Å². The van der Waals surface area contributed by atoms with E-state index in [1.54, 1.807) is 13.8 Å². The lowest BCUT2D eigenvalue weighted by atomic mass is 9.81. The summed E-state index contributed by atoms with van der Waals surface area (Å²) in [5, 5.41) is 10.4. The Morgan fingerprint density at radius 3 is 2.68 bits per heavy atom. The molecule has 0 saturated heterocycles. The van der Waals surface area contributed by atoms with Gasteiger partial charge in [-0.15, -0.1) is 0 Å². The van der Waals surface area contributed by atoms with Crippen LogP contribution in [-0.2, 0) is 11.1 Å². The summed E-state index contributed by atoms with van der Waals surface area (Å²) in [5.74, 6) is 0. The molecule has 1 N–H and O–H groups in total. The van der Waals surface area contributed by atoms with Gasteiger partial charge in [0, 0.05) is 17.1 Å². The molecular weight excluding hydrogens is 381 g/mol. The van der Waals surface area contributed by atoms with Crippen molar-refractivity contribution in [2.75, 3.05) is 0 Å². The van der Waals surface area contributed by atoms with Crippen molar-refractivity contribution in [3.8, 4) is 0 Å². The lowest BCUT2D eigenvalue weighted by molar-refractivity contribution is -0.0896. The molecule has 3 nitrogen and oxygen atoms in total. The minimum atomic E-state index is -0.906. The number of aliphatic hydroxyl groups is 1. The Morgan fingerprint density at radius 1 is 1.19 bits per heavy atom. The van der Waals surface area contributed by atoms with Gasteiger partial charge in [0.1, 0.15) is 0 Å². The Kier molecular flexibility index (Phi) is 7.45. The fourth-order valence-electron chi connectivity index (χ4n) is 3.61. The third kappa shape index (κ3) is 5.69. The summed E-state index contributed by atoms with van der Waals surface area (Å²) in [5.41, 5.74) is 4.76. The average Bonchev–Trinajstić information content (AvgIpc) is 2.95. The molecule has 0 radical (unpaired) electrons. The average molecular weight is 417 g/mol. The maximum absolute atomic E-state index is 10.4. The van der Waals surface area contributed by atoms with Crippen LogP contribution in [0.5, 0.6) is 0 Å². The predicted molar refractivity (Wildman–Crippen MR) is 135 cm³/mol. The van der Waals surface area contributed by atoms with Crippen LogP contribution in [-0.4, -0.2) is 28.4 Å². The first-order valence-corrected chi connectivity index (χ1v) is 11.3. The van der Waals surface area contributed by atoms with E-state index in [-0.39, 0.29) is 0 Å². The fourth-order valence-corrected chi connectivity index (χ4v) is 3.61. The molecule has 31 heavy (non-hydrogen) atoms. The highest BCUT2D eigenvalue weighted by atomic mass is 16.5. The van der Waals surface area contributed by atoms with Crippen LogP contribution in [0.25, 0.3) is 17.8 Å².